The van der Waals surface area contributed by atoms with E-state index in [1.165, 1.54) is 0 Å². The molecule has 116 valence electrons. The van der Waals surface area contributed by atoms with Gasteiger partial charge in [-0.15, -0.1) is 11.3 Å². The third kappa shape index (κ3) is 4.42. The predicted molar refractivity (Wildman–Crippen MR) is 91.7 cm³/mol. The van der Waals surface area contributed by atoms with Gasteiger partial charge in [-0.05, 0) is 55.5 Å². The zero-order valence-corrected chi connectivity index (χ0v) is 15.0. The van der Waals surface area contributed by atoms with E-state index >= 15 is 0 Å². The smallest absolute Gasteiger partial charge is 0.372 e. The molecule has 0 aliphatic heterocycles. The van der Waals surface area contributed by atoms with Gasteiger partial charge in [0.1, 0.15) is 5.75 Å². The lowest BCUT2D eigenvalue weighted by Crippen LogP contribution is -2.14. The van der Waals surface area contributed by atoms with Crippen LogP contribution in [0.15, 0.2) is 39.3 Å². The Labute approximate surface area is 141 Å². The molecule has 4 nitrogen and oxygen atoms in total. The summed E-state index contributed by atoms with van der Waals surface area (Å²) < 4.78 is 6.53. The Kier molecular flexibility index (Phi) is 5.74. The lowest BCUT2D eigenvalue weighted by molar-refractivity contribution is -0.146. The first-order chi connectivity index (χ1) is 10.5. The number of rotatable bonds is 5. The van der Waals surface area contributed by atoms with E-state index in [0.29, 0.717) is 11.5 Å². The van der Waals surface area contributed by atoms with Gasteiger partial charge in [-0.25, -0.2) is 4.79 Å². The lowest BCUT2D eigenvalue weighted by Gasteiger charge is -2.11. The Bertz CT molecular complexity index is 672. The van der Waals surface area contributed by atoms with Crippen LogP contribution >= 0.6 is 27.3 Å². The van der Waals surface area contributed by atoms with E-state index in [-0.39, 0.29) is 6.61 Å². The molecule has 22 heavy (non-hydrogen) atoms. The van der Waals surface area contributed by atoms with Crippen molar-refractivity contribution in [3.8, 4) is 5.75 Å². The molecule has 0 spiro atoms. The van der Waals surface area contributed by atoms with Crippen LogP contribution in [-0.2, 0) is 9.63 Å². The molecule has 0 unspecified atom stereocenters. The molecule has 0 atom stereocenters. The number of oxime groups is 1. The number of carbonyl (C=O) groups excluding carboxylic acids is 1. The summed E-state index contributed by atoms with van der Waals surface area (Å²) in [6.07, 6.45) is 0. The van der Waals surface area contributed by atoms with E-state index in [9.17, 15) is 4.79 Å². The molecular formula is C16H16BrNO3S. The monoisotopic (exact) mass is 381 g/mol. The molecule has 2 aromatic rings. The molecule has 6 heteroatoms. The van der Waals surface area contributed by atoms with Crippen LogP contribution in [0.25, 0.3) is 0 Å². The number of hydrogen-bond acceptors (Lipinski definition) is 5. The number of halogens is 1. The van der Waals surface area contributed by atoms with Crippen molar-refractivity contribution in [3.05, 3.63) is 50.1 Å². The fourth-order valence-electron chi connectivity index (χ4n) is 1.93. The summed E-state index contributed by atoms with van der Waals surface area (Å²) in [4.78, 5) is 17.6. The van der Waals surface area contributed by atoms with Crippen LogP contribution in [0.2, 0.25) is 0 Å². The second kappa shape index (κ2) is 7.56. The molecule has 0 aliphatic rings. The first-order valence-electron chi connectivity index (χ1n) is 6.65. The largest absolute Gasteiger partial charge is 0.481 e. The fraction of sp³-hybridized carbons (Fsp3) is 0.250. The summed E-state index contributed by atoms with van der Waals surface area (Å²) in [6, 6.07) is 7.71. The number of aryl methyl sites for hydroxylation is 2. The second-order valence-electron chi connectivity index (χ2n) is 4.77. The topological polar surface area (TPSA) is 47.9 Å². The molecule has 1 aromatic heterocycles. The quantitative estimate of drug-likeness (QED) is 0.435. The van der Waals surface area contributed by atoms with Crippen molar-refractivity contribution < 1.29 is 14.4 Å². The molecule has 0 aliphatic carbocycles. The van der Waals surface area contributed by atoms with Crippen molar-refractivity contribution in [1.29, 1.82) is 0 Å². The highest BCUT2D eigenvalue weighted by Gasteiger charge is 2.10. The van der Waals surface area contributed by atoms with Gasteiger partial charge in [0.2, 0.25) is 0 Å². The van der Waals surface area contributed by atoms with Crippen LogP contribution in [0, 0.1) is 13.8 Å². The minimum Gasteiger partial charge on any atom is -0.481 e. The second-order valence-corrected chi connectivity index (χ2v) is 6.64. The van der Waals surface area contributed by atoms with E-state index in [0.717, 1.165) is 20.5 Å². The molecule has 0 fully saturated rings. The molecule has 0 radical (unpaired) electrons. The molecule has 1 heterocycles. The highest BCUT2D eigenvalue weighted by Crippen LogP contribution is 2.27. The number of hydrogen-bond donors (Lipinski definition) is 0. The number of carbonyl (C=O) groups is 1. The average molecular weight is 382 g/mol. The zero-order chi connectivity index (χ0) is 16.1. The molecule has 0 N–H and O–H groups in total. The minimum atomic E-state index is -0.530. The maximum atomic E-state index is 11.7. The number of ether oxygens (including phenoxy) is 1. The molecular weight excluding hydrogens is 366 g/mol. The van der Waals surface area contributed by atoms with Crippen LogP contribution < -0.4 is 4.74 Å². The Morgan fingerprint density at radius 3 is 2.59 bits per heavy atom. The van der Waals surface area contributed by atoms with Crippen LogP contribution in [0.3, 0.4) is 0 Å². The fourth-order valence-corrected chi connectivity index (χ4v) is 3.29. The maximum Gasteiger partial charge on any atom is 0.372 e. The highest BCUT2D eigenvalue weighted by molar-refractivity contribution is 9.10. The number of nitrogens with zero attached hydrogens (tertiary/aromatic N) is 1. The van der Waals surface area contributed by atoms with Gasteiger partial charge in [-0.3, -0.25) is 0 Å². The third-order valence-corrected chi connectivity index (χ3v) is 4.36. The standard InChI is InChI=1S/C16H16BrNO3S/c1-10-7-13(17)8-11(2)16(10)20-9-15(19)21-18-12(3)14-5-4-6-22-14/h4-8H,9H2,1-3H3. The number of benzene rings is 1. The van der Waals surface area contributed by atoms with Gasteiger partial charge < -0.3 is 9.57 Å². The summed E-state index contributed by atoms with van der Waals surface area (Å²) in [5.41, 5.74) is 2.58. The molecule has 0 amide bonds. The highest BCUT2D eigenvalue weighted by atomic mass is 79.9. The lowest BCUT2D eigenvalue weighted by atomic mass is 10.1. The van der Waals surface area contributed by atoms with E-state index < -0.39 is 5.97 Å². The van der Waals surface area contributed by atoms with Crippen molar-refractivity contribution in [3.63, 3.8) is 0 Å². The molecule has 0 saturated heterocycles. The summed E-state index contributed by atoms with van der Waals surface area (Å²) >= 11 is 4.96. The van der Waals surface area contributed by atoms with Gasteiger partial charge in [-0.2, -0.15) is 0 Å². The summed E-state index contributed by atoms with van der Waals surface area (Å²) in [5, 5.41) is 5.77. The SMILES string of the molecule is CC(=NOC(=O)COc1c(C)cc(Br)cc1C)c1cccs1. The van der Waals surface area contributed by atoms with E-state index in [2.05, 4.69) is 21.1 Å². The summed E-state index contributed by atoms with van der Waals surface area (Å²) in [5.74, 6) is 0.164. The van der Waals surface area contributed by atoms with E-state index in [1.807, 2.05) is 43.5 Å². The van der Waals surface area contributed by atoms with Crippen molar-refractivity contribution in [2.75, 3.05) is 6.61 Å². The third-order valence-electron chi connectivity index (χ3n) is 2.92. The van der Waals surface area contributed by atoms with Crippen LogP contribution in [0.5, 0.6) is 5.75 Å². The summed E-state index contributed by atoms with van der Waals surface area (Å²) in [7, 11) is 0. The molecule has 0 bridgehead atoms. The molecule has 2 rings (SSSR count). The van der Waals surface area contributed by atoms with Gasteiger partial charge in [0, 0.05) is 4.47 Å². The van der Waals surface area contributed by atoms with Gasteiger partial charge in [0.05, 0.1) is 10.6 Å². The Hall–Kier alpha value is -1.66. The van der Waals surface area contributed by atoms with Crippen LogP contribution in [0.1, 0.15) is 22.9 Å². The van der Waals surface area contributed by atoms with Gasteiger partial charge >= 0.3 is 5.97 Å². The van der Waals surface area contributed by atoms with Gasteiger partial charge in [-0.1, -0.05) is 27.2 Å². The van der Waals surface area contributed by atoms with Crippen LogP contribution in [0.4, 0.5) is 0 Å². The van der Waals surface area contributed by atoms with Crippen LogP contribution in [-0.4, -0.2) is 18.3 Å². The normalized spacial score (nSPS) is 11.4. The number of thiophene rings is 1. The van der Waals surface area contributed by atoms with Crippen molar-refractivity contribution in [2.45, 2.75) is 20.8 Å². The van der Waals surface area contributed by atoms with Crippen molar-refractivity contribution >= 4 is 38.9 Å². The minimum absolute atomic E-state index is 0.176. The Balaban J connectivity index is 1.92. The summed E-state index contributed by atoms with van der Waals surface area (Å²) in [6.45, 7) is 5.47. The molecule has 0 saturated carbocycles. The first kappa shape index (κ1) is 16.7. The maximum absolute atomic E-state index is 11.7. The van der Waals surface area contributed by atoms with Crippen molar-refractivity contribution in [1.82, 2.24) is 0 Å². The Morgan fingerprint density at radius 1 is 1.32 bits per heavy atom. The first-order valence-corrected chi connectivity index (χ1v) is 8.32. The van der Waals surface area contributed by atoms with Crippen molar-refractivity contribution in [2.24, 2.45) is 5.16 Å². The van der Waals surface area contributed by atoms with E-state index in [1.54, 1.807) is 18.3 Å². The van der Waals surface area contributed by atoms with Gasteiger partial charge in [0.25, 0.3) is 0 Å². The zero-order valence-electron chi connectivity index (χ0n) is 12.6. The van der Waals surface area contributed by atoms with E-state index in [4.69, 9.17) is 9.57 Å². The Morgan fingerprint density at radius 2 is 2.00 bits per heavy atom. The predicted octanol–water partition coefficient (Wildman–Crippen LogP) is 4.47. The average Bonchev–Trinajstić information content (AvgIpc) is 2.97. The molecule has 1 aromatic carbocycles. The van der Waals surface area contributed by atoms with Gasteiger partial charge in [0.15, 0.2) is 6.61 Å².